The Balaban J connectivity index is 1.50. The van der Waals surface area contributed by atoms with E-state index in [2.05, 4.69) is 15.5 Å². The number of hydrogen-bond acceptors (Lipinski definition) is 8. The highest BCUT2D eigenvalue weighted by Gasteiger charge is 2.47. The first-order chi connectivity index (χ1) is 17.8. The molecule has 14 heteroatoms. The van der Waals surface area contributed by atoms with Crippen molar-refractivity contribution in [2.24, 2.45) is 11.7 Å². The van der Waals surface area contributed by atoms with Crippen LogP contribution in [0.15, 0.2) is 45.7 Å². The van der Waals surface area contributed by atoms with Gasteiger partial charge >= 0.3 is 6.01 Å². The lowest BCUT2D eigenvalue weighted by Gasteiger charge is -2.38. The van der Waals surface area contributed by atoms with Crippen LogP contribution in [0.4, 0.5) is 24.9 Å². The van der Waals surface area contributed by atoms with Crippen molar-refractivity contribution in [1.29, 1.82) is 0 Å². The maximum Gasteiger partial charge on any atom is 0.315 e. The van der Waals surface area contributed by atoms with Crippen LogP contribution in [0, 0.1) is 11.7 Å². The lowest BCUT2D eigenvalue weighted by atomic mass is 9.77. The summed E-state index contributed by atoms with van der Waals surface area (Å²) in [5.74, 6) is -5.61. The molecular formula is C24H23ClF3N5O4S. The number of halogens is 4. The molecule has 202 valence electrons. The first-order valence-electron chi connectivity index (χ1n) is 11.7. The summed E-state index contributed by atoms with van der Waals surface area (Å²) in [6.07, 6.45) is -0.536. The maximum absolute atomic E-state index is 15.2. The van der Waals surface area contributed by atoms with E-state index in [0.29, 0.717) is 10.6 Å². The summed E-state index contributed by atoms with van der Waals surface area (Å²) in [7, 11) is -4.13. The number of benzene rings is 2. The Morgan fingerprint density at radius 3 is 2.58 bits per heavy atom. The lowest BCUT2D eigenvalue weighted by molar-refractivity contribution is -0.119. The summed E-state index contributed by atoms with van der Waals surface area (Å²) in [4.78, 5) is 13.9. The molecule has 1 unspecified atom stereocenters. The molecule has 1 aliphatic heterocycles. The smallest absolute Gasteiger partial charge is 0.315 e. The van der Waals surface area contributed by atoms with Crippen LogP contribution < -0.4 is 16.0 Å². The van der Waals surface area contributed by atoms with Gasteiger partial charge in [0.15, 0.2) is 9.84 Å². The van der Waals surface area contributed by atoms with E-state index in [9.17, 15) is 22.0 Å². The number of amides is 1. The van der Waals surface area contributed by atoms with Crippen molar-refractivity contribution in [3.05, 3.63) is 52.8 Å². The van der Waals surface area contributed by atoms with Gasteiger partial charge in [0.1, 0.15) is 5.82 Å². The zero-order chi connectivity index (χ0) is 27.4. The summed E-state index contributed by atoms with van der Waals surface area (Å²) in [6, 6.07) is 6.64. The zero-order valence-electron chi connectivity index (χ0n) is 20.0. The summed E-state index contributed by atoms with van der Waals surface area (Å²) >= 11 is 5.95. The molecule has 1 amide bonds. The Kier molecular flexibility index (Phi) is 6.64. The average molecular weight is 570 g/mol. The van der Waals surface area contributed by atoms with Crippen molar-refractivity contribution in [2.75, 3.05) is 16.0 Å². The zero-order valence-corrected chi connectivity index (χ0v) is 21.6. The first kappa shape index (κ1) is 26.4. The Morgan fingerprint density at radius 1 is 1.24 bits per heavy atom. The number of anilines is 2. The van der Waals surface area contributed by atoms with Gasteiger partial charge in [-0.25, -0.2) is 21.6 Å². The SMILES string of the molecule is CC(Nc1nnc(-c2cc3c(cc2F)S(=O)(=O)C[C@H](N)C(=O)N3Cc2ccc(Cl)cc2)o1)C1CC(F)(F)C1. The minimum atomic E-state index is -4.13. The van der Waals surface area contributed by atoms with Gasteiger partial charge in [0.2, 0.25) is 11.8 Å². The van der Waals surface area contributed by atoms with Crippen molar-refractivity contribution < 1.29 is 30.8 Å². The van der Waals surface area contributed by atoms with Crippen LogP contribution in [0.25, 0.3) is 11.5 Å². The molecule has 1 aromatic heterocycles. The number of nitrogens with one attached hydrogen (secondary N) is 1. The van der Waals surface area contributed by atoms with Gasteiger partial charge in [0, 0.05) is 23.9 Å². The van der Waals surface area contributed by atoms with Gasteiger partial charge in [-0.2, -0.15) is 0 Å². The third-order valence-electron chi connectivity index (χ3n) is 6.75. The predicted octanol–water partition coefficient (Wildman–Crippen LogP) is 4.02. The third kappa shape index (κ3) is 5.09. The molecule has 1 aliphatic carbocycles. The number of nitrogens with zero attached hydrogens (tertiary/aromatic N) is 3. The Labute approximate surface area is 221 Å². The number of sulfone groups is 1. The van der Waals surface area contributed by atoms with E-state index in [1.165, 1.54) is 4.90 Å². The monoisotopic (exact) mass is 569 g/mol. The number of hydrogen-bond donors (Lipinski definition) is 2. The fraction of sp³-hybridized carbons (Fsp3) is 0.375. The summed E-state index contributed by atoms with van der Waals surface area (Å²) in [5.41, 5.74) is 6.21. The van der Waals surface area contributed by atoms with E-state index in [4.69, 9.17) is 21.8 Å². The number of rotatable bonds is 6. The van der Waals surface area contributed by atoms with E-state index in [1.807, 2.05) is 0 Å². The fourth-order valence-corrected chi connectivity index (χ4v) is 6.27. The molecule has 2 heterocycles. The van der Waals surface area contributed by atoms with Gasteiger partial charge in [-0.1, -0.05) is 28.8 Å². The number of fused-ring (bicyclic) bond motifs is 1. The van der Waals surface area contributed by atoms with Crippen molar-refractivity contribution in [1.82, 2.24) is 10.2 Å². The molecule has 2 atom stereocenters. The van der Waals surface area contributed by atoms with Gasteiger partial charge in [0.25, 0.3) is 5.89 Å². The second kappa shape index (κ2) is 9.54. The van der Waals surface area contributed by atoms with Crippen LogP contribution in [-0.4, -0.2) is 48.3 Å². The predicted molar refractivity (Wildman–Crippen MR) is 133 cm³/mol. The van der Waals surface area contributed by atoms with E-state index >= 15 is 4.39 Å². The van der Waals surface area contributed by atoms with Crippen LogP contribution in [0.1, 0.15) is 25.3 Å². The number of carbonyl (C=O) groups excluding carboxylic acids is 1. The number of alkyl halides is 2. The highest BCUT2D eigenvalue weighted by atomic mass is 35.5. The highest BCUT2D eigenvalue weighted by molar-refractivity contribution is 7.91. The van der Waals surface area contributed by atoms with Gasteiger partial charge in [-0.15, -0.1) is 5.10 Å². The topological polar surface area (TPSA) is 131 Å². The number of nitrogens with two attached hydrogens (primary N) is 1. The van der Waals surface area contributed by atoms with Gasteiger partial charge in [-0.05, 0) is 42.7 Å². The molecule has 0 bridgehead atoms. The largest absolute Gasteiger partial charge is 0.403 e. The molecule has 0 radical (unpaired) electrons. The Morgan fingerprint density at radius 2 is 1.92 bits per heavy atom. The first-order valence-corrected chi connectivity index (χ1v) is 13.7. The highest BCUT2D eigenvalue weighted by Crippen LogP contribution is 2.44. The average Bonchev–Trinajstić information content (AvgIpc) is 3.27. The molecule has 2 aliphatic rings. The van der Waals surface area contributed by atoms with E-state index < -0.39 is 50.2 Å². The van der Waals surface area contributed by atoms with Crippen molar-refractivity contribution in [3.63, 3.8) is 0 Å². The third-order valence-corrected chi connectivity index (χ3v) is 8.79. The Bertz CT molecular complexity index is 1490. The molecule has 0 saturated heterocycles. The second-order valence-electron chi connectivity index (χ2n) is 9.61. The van der Waals surface area contributed by atoms with Crippen LogP contribution >= 0.6 is 11.6 Å². The summed E-state index contributed by atoms with van der Waals surface area (Å²) in [6.45, 7) is 1.64. The molecule has 2 aromatic carbocycles. The second-order valence-corrected chi connectivity index (χ2v) is 12.0. The van der Waals surface area contributed by atoms with Gasteiger partial charge in [-0.3, -0.25) is 4.79 Å². The fourth-order valence-electron chi connectivity index (χ4n) is 4.58. The molecule has 9 nitrogen and oxygen atoms in total. The normalized spacial score (nSPS) is 21.4. The molecule has 38 heavy (non-hydrogen) atoms. The minimum absolute atomic E-state index is 0.0581. The quantitative estimate of drug-likeness (QED) is 0.455. The molecule has 3 N–H and O–H groups in total. The Hall–Kier alpha value is -3.16. The van der Waals surface area contributed by atoms with Crippen molar-refractivity contribution in [3.8, 4) is 11.5 Å². The number of aromatic nitrogens is 2. The molecule has 5 rings (SSSR count). The summed E-state index contributed by atoms with van der Waals surface area (Å²) in [5, 5.41) is 11.0. The van der Waals surface area contributed by atoms with E-state index in [0.717, 1.165) is 12.1 Å². The van der Waals surface area contributed by atoms with Crippen LogP contribution in [0.2, 0.25) is 5.02 Å². The standard InChI is InChI=1S/C24H23ClF3N5O4S/c1-12(14-8-24(27,28)9-14)30-23-32-31-21(37-23)16-6-19-20(7-17(16)26)38(35,36)11-18(29)22(34)33(19)10-13-2-4-15(25)5-3-13/h2-7,12,14,18H,8-11,29H2,1H3,(H,30,32)/t12?,18-/m0/s1. The van der Waals surface area contributed by atoms with Crippen molar-refractivity contribution in [2.45, 2.75) is 49.2 Å². The van der Waals surface area contributed by atoms with Crippen LogP contribution in [0.3, 0.4) is 0 Å². The van der Waals surface area contributed by atoms with Gasteiger partial charge < -0.3 is 20.4 Å². The van der Waals surface area contributed by atoms with E-state index in [1.54, 1.807) is 31.2 Å². The minimum Gasteiger partial charge on any atom is -0.403 e. The van der Waals surface area contributed by atoms with Crippen LogP contribution in [0.5, 0.6) is 0 Å². The van der Waals surface area contributed by atoms with Crippen molar-refractivity contribution >= 4 is 39.0 Å². The van der Waals surface area contributed by atoms with Crippen LogP contribution in [-0.2, 0) is 21.2 Å². The molecule has 3 aromatic rings. The van der Waals surface area contributed by atoms with E-state index in [-0.39, 0.29) is 48.5 Å². The number of carbonyl (C=O) groups is 1. The molecule has 1 saturated carbocycles. The maximum atomic E-state index is 15.2. The molecular weight excluding hydrogens is 547 g/mol. The molecule has 1 fully saturated rings. The van der Waals surface area contributed by atoms with Gasteiger partial charge in [0.05, 0.1) is 34.5 Å². The summed E-state index contributed by atoms with van der Waals surface area (Å²) < 4.78 is 73.2. The molecule has 0 spiro atoms. The lowest BCUT2D eigenvalue weighted by Crippen LogP contribution is -2.45.